The number of carbonyl (C=O) groups is 2. The topological polar surface area (TPSA) is 150 Å². The van der Waals surface area contributed by atoms with E-state index in [1.807, 2.05) is 49.6 Å². The molecule has 0 unspecified atom stereocenters. The molecule has 16 nitrogen and oxygen atoms in total. The SMILES string of the molecule is Brc1ccc(I)cc1.CC(C)(C)OC(=O)N1C[C@@H]2CN(c3ccc(N4CCN(S(C)(=O)=O)CC4)cc3)C[C@@H]2C1.CCNC(=O)N1C[C@@H]2CN(c3ccc(N4CCN(S(C)(=O)=O)CC4)cc3)C[C@@H]2C1. The minimum absolute atomic E-state index is 0.0637. The Balaban J connectivity index is 0.000000173. The van der Waals surface area contributed by atoms with Crippen LogP contribution >= 0.6 is 38.5 Å². The molecule has 6 heterocycles. The number of hydrogen-bond acceptors (Lipinski definition) is 11. The van der Waals surface area contributed by atoms with Crippen LogP contribution < -0.4 is 24.9 Å². The number of sulfonamides is 2. The van der Waals surface area contributed by atoms with Crippen molar-refractivity contribution in [3.05, 3.63) is 80.8 Å². The van der Waals surface area contributed by atoms with Crippen LogP contribution in [0.2, 0.25) is 0 Å². The summed E-state index contributed by atoms with van der Waals surface area (Å²) in [4.78, 5) is 37.5. The van der Waals surface area contributed by atoms with E-state index < -0.39 is 25.6 Å². The van der Waals surface area contributed by atoms with Gasteiger partial charge in [-0.05, 0) is 123 Å². The maximum absolute atomic E-state index is 12.4. The van der Waals surface area contributed by atoms with Gasteiger partial charge in [-0.2, -0.15) is 8.61 Å². The quantitative estimate of drug-likeness (QED) is 0.278. The molecule has 0 saturated carbocycles. The molecule has 20 heteroatoms. The molecule has 3 aromatic carbocycles. The van der Waals surface area contributed by atoms with Gasteiger partial charge in [0.15, 0.2) is 0 Å². The molecule has 6 aliphatic rings. The van der Waals surface area contributed by atoms with Crippen molar-refractivity contribution in [2.75, 3.05) is 143 Å². The van der Waals surface area contributed by atoms with Gasteiger partial charge in [-0.1, -0.05) is 15.9 Å². The number of halogens is 2. The number of fused-ring (bicyclic) bond motifs is 2. The predicted molar refractivity (Wildman–Crippen MR) is 284 cm³/mol. The zero-order valence-corrected chi connectivity index (χ0v) is 45.6. The number of benzene rings is 3. The lowest BCUT2D eigenvalue weighted by atomic mass is 10.0. The highest BCUT2D eigenvalue weighted by Gasteiger charge is 2.43. The molecule has 0 radical (unpaired) electrons. The molecule has 1 N–H and O–H groups in total. The number of piperazine rings is 2. The van der Waals surface area contributed by atoms with Crippen LogP contribution in [0.4, 0.5) is 32.3 Å². The molecule has 68 heavy (non-hydrogen) atoms. The van der Waals surface area contributed by atoms with Gasteiger partial charge in [0.1, 0.15) is 5.60 Å². The number of likely N-dealkylation sites (tertiary alicyclic amines) is 2. The van der Waals surface area contributed by atoms with Gasteiger partial charge >= 0.3 is 12.1 Å². The van der Waals surface area contributed by atoms with Crippen LogP contribution in [0.1, 0.15) is 27.7 Å². The minimum Gasteiger partial charge on any atom is -0.444 e. The summed E-state index contributed by atoms with van der Waals surface area (Å²) in [6.45, 7) is 20.4. The van der Waals surface area contributed by atoms with Gasteiger partial charge in [0, 0.05) is 166 Å². The number of ether oxygens (including phenoxy) is 1. The van der Waals surface area contributed by atoms with Crippen molar-refractivity contribution in [3.63, 3.8) is 0 Å². The number of amides is 3. The first-order chi connectivity index (χ1) is 32.1. The molecular weight excluding hydrogens is 1090 g/mol. The van der Waals surface area contributed by atoms with Crippen LogP contribution in [0.25, 0.3) is 0 Å². The molecule has 0 aliphatic carbocycles. The molecule has 6 fully saturated rings. The highest BCUT2D eigenvalue weighted by atomic mass is 127. The van der Waals surface area contributed by atoms with E-state index in [0.717, 1.165) is 81.3 Å². The normalized spacial score (nSPS) is 23.4. The molecule has 0 spiro atoms. The molecule has 6 saturated heterocycles. The summed E-state index contributed by atoms with van der Waals surface area (Å²) >= 11 is 5.62. The van der Waals surface area contributed by atoms with Crippen molar-refractivity contribution in [2.24, 2.45) is 23.7 Å². The first-order valence-corrected chi connectivity index (χ1v) is 29.2. The maximum atomic E-state index is 12.4. The molecule has 4 atom stereocenters. The molecule has 6 aliphatic heterocycles. The van der Waals surface area contributed by atoms with Gasteiger partial charge in [-0.3, -0.25) is 0 Å². The van der Waals surface area contributed by atoms with Crippen molar-refractivity contribution in [1.29, 1.82) is 0 Å². The van der Waals surface area contributed by atoms with E-state index in [4.69, 9.17) is 4.74 Å². The van der Waals surface area contributed by atoms with Crippen molar-refractivity contribution in [3.8, 4) is 0 Å². The van der Waals surface area contributed by atoms with E-state index in [-0.39, 0.29) is 12.1 Å². The summed E-state index contributed by atoms with van der Waals surface area (Å²) in [5.41, 5.74) is 4.25. The molecule has 9 rings (SSSR count). The number of anilines is 4. The second-order valence-electron chi connectivity index (χ2n) is 19.7. The fourth-order valence-corrected chi connectivity index (χ4v) is 12.3. The first kappa shape index (κ1) is 52.3. The van der Waals surface area contributed by atoms with Crippen molar-refractivity contribution >= 4 is 93.4 Å². The lowest BCUT2D eigenvalue weighted by Gasteiger charge is -2.35. The summed E-state index contributed by atoms with van der Waals surface area (Å²) in [5.74, 6) is 2.05. The monoisotopic (exact) mass is 1150 g/mol. The van der Waals surface area contributed by atoms with Crippen LogP contribution in [-0.2, 0) is 24.8 Å². The van der Waals surface area contributed by atoms with Gasteiger partial charge in [-0.25, -0.2) is 26.4 Å². The van der Waals surface area contributed by atoms with E-state index >= 15 is 0 Å². The average Bonchev–Trinajstić information content (AvgIpc) is 4.09. The van der Waals surface area contributed by atoms with Gasteiger partial charge in [0.25, 0.3) is 0 Å². The second kappa shape index (κ2) is 22.2. The molecule has 3 aromatic rings. The summed E-state index contributed by atoms with van der Waals surface area (Å²) in [5, 5.41) is 2.90. The lowest BCUT2D eigenvalue weighted by Crippen LogP contribution is -2.48. The number of urea groups is 1. The maximum Gasteiger partial charge on any atom is 0.410 e. The summed E-state index contributed by atoms with van der Waals surface area (Å²) in [6, 6.07) is 25.4. The van der Waals surface area contributed by atoms with E-state index in [0.29, 0.717) is 69.5 Å². The Labute approximate surface area is 426 Å². The third kappa shape index (κ3) is 13.8. The second-order valence-corrected chi connectivity index (χ2v) is 25.9. The number of nitrogens with zero attached hydrogens (tertiary/aromatic N) is 8. The Morgan fingerprint density at radius 2 is 0.912 bits per heavy atom. The predicted octanol–water partition coefficient (Wildman–Crippen LogP) is 5.99. The first-order valence-electron chi connectivity index (χ1n) is 23.7. The number of nitrogens with one attached hydrogen (secondary N) is 1. The Morgan fingerprint density at radius 3 is 1.22 bits per heavy atom. The third-order valence-electron chi connectivity index (χ3n) is 13.6. The Morgan fingerprint density at radius 1 is 0.574 bits per heavy atom. The number of rotatable bonds is 7. The largest absolute Gasteiger partial charge is 0.444 e. The van der Waals surface area contributed by atoms with Crippen LogP contribution in [-0.4, -0.2) is 177 Å². The van der Waals surface area contributed by atoms with Crippen LogP contribution in [0.15, 0.2) is 77.3 Å². The average molecular weight is 1160 g/mol. The zero-order valence-electron chi connectivity index (χ0n) is 40.3. The van der Waals surface area contributed by atoms with Crippen LogP contribution in [0.3, 0.4) is 0 Å². The van der Waals surface area contributed by atoms with Gasteiger partial charge < -0.3 is 39.5 Å². The Hall–Kier alpha value is -3.57. The fourth-order valence-electron chi connectivity index (χ4n) is 10.0. The van der Waals surface area contributed by atoms with Crippen LogP contribution in [0.5, 0.6) is 0 Å². The van der Waals surface area contributed by atoms with Crippen molar-refractivity contribution in [2.45, 2.75) is 33.3 Å². The lowest BCUT2D eigenvalue weighted by molar-refractivity contribution is 0.0282. The van der Waals surface area contributed by atoms with E-state index in [1.165, 1.54) is 27.5 Å². The molecule has 0 bridgehead atoms. The Bertz CT molecular complexity index is 2350. The van der Waals surface area contributed by atoms with E-state index in [1.54, 1.807) is 8.61 Å². The highest BCUT2D eigenvalue weighted by molar-refractivity contribution is 14.1. The Kier molecular flexibility index (Phi) is 17.1. The standard InChI is InChI=1S/C22H34N4O4S.C20H31N5O3S.C6H4BrI/c1-22(2,3)30-21(27)25-15-17-13-24(14-18(17)16-25)20-7-5-19(6-8-20)23-9-11-26(12-10-23)31(4,28)29;1-3-21-20(26)24-14-16-12-23(13-17(16)15-24)19-6-4-18(5-7-19)22-8-10-25(11-9-22)29(2,27)28;7-5-1-3-6(8)4-2-5/h5-8,17-18H,9-16H2,1-4H3;4-7,16-17H,3,8-15H2,1-2H3,(H,21,26);1-4H/t17-,18+;16-,17+;. The molecule has 374 valence electrons. The summed E-state index contributed by atoms with van der Waals surface area (Å²) in [7, 11) is -6.21. The van der Waals surface area contributed by atoms with E-state index in [2.05, 4.69) is 124 Å². The third-order valence-corrected chi connectivity index (χ3v) is 17.5. The molecule has 0 aromatic heterocycles. The van der Waals surface area contributed by atoms with Gasteiger partial charge in [0.2, 0.25) is 20.0 Å². The van der Waals surface area contributed by atoms with Gasteiger partial charge in [0.05, 0.1) is 12.5 Å². The fraction of sp³-hybridized carbons (Fsp3) is 0.583. The summed E-state index contributed by atoms with van der Waals surface area (Å²) < 4.78 is 57.8. The smallest absolute Gasteiger partial charge is 0.410 e. The zero-order chi connectivity index (χ0) is 49.0. The minimum atomic E-state index is -3.11. The van der Waals surface area contributed by atoms with Crippen molar-refractivity contribution < 1.29 is 31.2 Å². The van der Waals surface area contributed by atoms with Crippen molar-refractivity contribution in [1.82, 2.24) is 23.7 Å². The van der Waals surface area contributed by atoms with Gasteiger partial charge in [-0.15, -0.1) is 0 Å². The number of hydrogen-bond donors (Lipinski definition) is 1. The molecule has 3 amide bonds. The number of carbonyl (C=O) groups excluding carboxylic acids is 2. The van der Waals surface area contributed by atoms with Crippen LogP contribution in [0, 0.1) is 27.2 Å². The summed E-state index contributed by atoms with van der Waals surface area (Å²) in [6.07, 6.45) is 2.35. The molecular formula is C48H69BrIN9O7S2. The van der Waals surface area contributed by atoms with E-state index in [9.17, 15) is 26.4 Å². The highest BCUT2D eigenvalue weighted by Crippen LogP contribution is 2.37.